The number of benzene rings is 2. The Morgan fingerprint density at radius 1 is 0.609 bits per heavy atom. The summed E-state index contributed by atoms with van der Waals surface area (Å²) in [6, 6.07) is 20.2. The maximum Gasteiger partial charge on any atom is 0.388 e. The summed E-state index contributed by atoms with van der Waals surface area (Å²) in [5.41, 5.74) is 0. The predicted octanol–water partition coefficient (Wildman–Crippen LogP) is 4.16. The molecule has 0 heterocycles. The molecule has 0 aliphatic rings. The molecule has 0 unspecified atom stereocenters. The van der Waals surface area contributed by atoms with Crippen molar-refractivity contribution < 1.29 is 8.23 Å². The second-order valence-electron chi connectivity index (χ2n) is 6.28. The monoisotopic (exact) mass is 400 g/mol. The van der Waals surface area contributed by atoms with Crippen molar-refractivity contribution in [3.05, 3.63) is 60.7 Å². The van der Waals surface area contributed by atoms with E-state index in [-0.39, 0.29) is 0 Å². The number of halogens is 2. The molecule has 0 radical (unpaired) electrons. The lowest BCUT2D eigenvalue weighted by molar-refractivity contribution is 0.425. The maximum absolute atomic E-state index is 6.59. The summed E-state index contributed by atoms with van der Waals surface area (Å²) in [6.45, 7) is 7.87. The summed E-state index contributed by atoms with van der Waals surface area (Å²) in [6.07, 6.45) is 0. The van der Waals surface area contributed by atoms with Gasteiger partial charge in [0, 0.05) is 0 Å². The molecule has 0 saturated carbocycles. The van der Waals surface area contributed by atoms with Gasteiger partial charge in [-0.25, -0.2) is 0 Å². The summed E-state index contributed by atoms with van der Waals surface area (Å²) in [7, 11) is -7.73. The molecule has 23 heavy (non-hydrogen) atoms. The molecular weight excluding hydrogens is 379 g/mol. The van der Waals surface area contributed by atoms with Crippen LogP contribution in [0.2, 0.25) is 26.2 Å². The van der Waals surface area contributed by atoms with Crippen LogP contribution < -0.4 is 10.4 Å². The van der Waals surface area contributed by atoms with Crippen molar-refractivity contribution in [2.24, 2.45) is 0 Å². The third-order valence-corrected chi connectivity index (χ3v) is 12.8. The average molecular weight is 402 g/mol. The highest BCUT2D eigenvalue weighted by atomic mass is 35.6. The number of rotatable bonds is 6. The van der Waals surface area contributed by atoms with Crippen LogP contribution in [0, 0.1) is 0 Å². The molecule has 2 rings (SSSR count). The zero-order chi connectivity index (χ0) is 17.1. The highest BCUT2D eigenvalue weighted by Crippen LogP contribution is 2.24. The van der Waals surface area contributed by atoms with E-state index in [2.05, 4.69) is 0 Å². The van der Waals surface area contributed by atoms with Crippen LogP contribution in [0.4, 0.5) is 0 Å². The fraction of sp³-hybridized carbons (Fsp3) is 0.250. The van der Waals surface area contributed by atoms with E-state index in [1.807, 2.05) is 86.9 Å². The molecule has 0 aliphatic carbocycles. The zero-order valence-corrected chi connectivity index (χ0v) is 18.4. The van der Waals surface area contributed by atoms with Gasteiger partial charge in [0.25, 0.3) is 15.3 Å². The summed E-state index contributed by atoms with van der Waals surface area (Å²) >= 11 is 13.2. The largest absolute Gasteiger partial charge is 0.418 e. The van der Waals surface area contributed by atoms with E-state index in [1.54, 1.807) is 0 Å². The fourth-order valence-electron chi connectivity index (χ4n) is 2.42. The normalized spacial score (nSPS) is 13.1. The smallest absolute Gasteiger partial charge is 0.388 e. The summed E-state index contributed by atoms with van der Waals surface area (Å²) < 4.78 is 13.1. The molecular formula is C16H22Cl2O2Si3. The highest BCUT2D eigenvalue weighted by molar-refractivity contribution is 7.22. The van der Waals surface area contributed by atoms with E-state index < -0.39 is 23.8 Å². The SMILES string of the molecule is C[Si](C)(Cl)O[Si](O[Si](C)(C)Cl)(c1ccccc1)c1ccccc1. The van der Waals surface area contributed by atoms with Gasteiger partial charge >= 0.3 is 8.56 Å². The first-order valence-electron chi connectivity index (χ1n) is 7.52. The van der Waals surface area contributed by atoms with E-state index in [1.165, 1.54) is 0 Å². The summed E-state index contributed by atoms with van der Waals surface area (Å²) in [4.78, 5) is 0. The molecule has 0 aliphatic heterocycles. The van der Waals surface area contributed by atoms with Crippen LogP contribution in [-0.4, -0.2) is 23.8 Å². The molecule has 2 aromatic carbocycles. The fourth-order valence-corrected chi connectivity index (χ4v) is 13.9. The van der Waals surface area contributed by atoms with Crippen molar-refractivity contribution in [1.82, 2.24) is 0 Å². The minimum absolute atomic E-state index is 1.04. The second kappa shape index (κ2) is 7.23. The van der Waals surface area contributed by atoms with E-state index in [4.69, 9.17) is 30.4 Å². The minimum Gasteiger partial charge on any atom is -0.418 e. The van der Waals surface area contributed by atoms with Crippen molar-refractivity contribution in [1.29, 1.82) is 0 Å². The molecule has 0 atom stereocenters. The van der Waals surface area contributed by atoms with Crippen LogP contribution in [0.25, 0.3) is 0 Å². The second-order valence-corrected chi connectivity index (χ2v) is 21.2. The van der Waals surface area contributed by atoms with Gasteiger partial charge in [-0.2, -0.15) is 0 Å². The minimum atomic E-state index is -2.96. The lowest BCUT2D eigenvalue weighted by Gasteiger charge is -2.39. The van der Waals surface area contributed by atoms with E-state index >= 15 is 0 Å². The maximum atomic E-state index is 6.59. The topological polar surface area (TPSA) is 18.5 Å². The molecule has 2 aromatic rings. The van der Waals surface area contributed by atoms with Crippen molar-refractivity contribution in [3.8, 4) is 0 Å². The van der Waals surface area contributed by atoms with Gasteiger partial charge in [0.2, 0.25) is 0 Å². The Kier molecular flexibility index (Phi) is 5.95. The Labute approximate surface area is 151 Å². The van der Waals surface area contributed by atoms with E-state index in [9.17, 15) is 0 Å². The molecule has 7 heteroatoms. The Hall–Kier alpha value is -0.409. The molecule has 124 valence electrons. The lowest BCUT2D eigenvalue weighted by Crippen LogP contribution is -2.69. The third-order valence-electron chi connectivity index (χ3n) is 3.08. The molecule has 0 saturated heterocycles. The van der Waals surface area contributed by atoms with Gasteiger partial charge in [-0.1, -0.05) is 60.7 Å². The third kappa shape index (κ3) is 5.29. The molecule has 0 bridgehead atoms. The average Bonchev–Trinajstić information content (AvgIpc) is 2.45. The highest BCUT2D eigenvalue weighted by Gasteiger charge is 2.49. The Bertz CT molecular complexity index is 568. The van der Waals surface area contributed by atoms with Gasteiger partial charge in [-0.3, -0.25) is 0 Å². The van der Waals surface area contributed by atoms with Crippen LogP contribution in [0.5, 0.6) is 0 Å². The van der Waals surface area contributed by atoms with Crippen LogP contribution >= 0.6 is 22.2 Å². The van der Waals surface area contributed by atoms with Gasteiger partial charge in [0.05, 0.1) is 0 Å². The Morgan fingerprint density at radius 3 is 1.17 bits per heavy atom. The van der Waals surface area contributed by atoms with Crippen molar-refractivity contribution in [2.45, 2.75) is 26.2 Å². The number of hydrogen-bond donors (Lipinski definition) is 0. The molecule has 0 spiro atoms. The van der Waals surface area contributed by atoms with Crippen LogP contribution in [0.15, 0.2) is 60.7 Å². The van der Waals surface area contributed by atoms with Crippen molar-refractivity contribution in [3.63, 3.8) is 0 Å². The summed E-state index contributed by atoms with van der Waals surface area (Å²) in [5.74, 6) is 0. The van der Waals surface area contributed by atoms with Crippen LogP contribution in [0.3, 0.4) is 0 Å². The van der Waals surface area contributed by atoms with Crippen LogP contribution in [0.1, 0.15) is 0 Å². The van der Waals surface area contributed by atoms with E-state index in [0.29, 0.717) is 0 Å². The number of hydrogen-bond acceptors (Lipinski definition) is 2. The lowest BCUT2D eigenvalue weighted by atomic mass is 10.4. The quantitative estimate of drug-likeness (QED) is 0.535. The first-order valence-corrected chi connectivity index (χ1v) is 17.2. The van der Waals surface area contributed by atoms with Gasteiger partial charge in [0.15, 0.2) is 0 Å². The van der Waals surface area contributed by atoms with E-state index in [0.717, 1.165) is 10.4 Å². The molecule has 0 fully saturated rings. The van der Waals surface area contributed by atoms with Crippen LogP contribution in [-0.2, 0) is 8.23 Å². The van der Waals surface area contributed by atoms with Crippen molar-refractivity contribution >= 4 is 56.3 Å². The van der Waals surface area contributed by atoms with Gasteiger partial charge in [-0.15, -0.1) is 22.2 Å². The van der Waals surface area contributed by atoms with Gasteiger partial charge < -0.3 is 8.23 Å². The summed E-state index contributed by atoms with van der Waals surface area (Å²) in [5, 5.41) is 2.07. The molecule has 0 amide bonds. The molecule has 2 nitrogen and oxygen atoms in total. The van der Waals surface area contributed by atoms with Gasteiger partial charge in [0.1, 0.15) is 0 Å². The Morgan fingerprint density at radius 2 is 0.913 bits per heavy atom. The standard InChI is InChI=1S/C16H22Cl2O2Si3/c1-21(2,17)19-23(20-22(3,4)18,15-11-7-5-8-12-15)16-13-9-6-10-14-16/h5-14H,1-4H3. The first-order chi connectivity index (χ1) is 10.6. The molecule has 0 N–H and O–H groups in total. The predicted molar refractivity (Wildman–Crippen MR) is 107 cm³/mol. The first kappa shape index (κ1) is 18.9. The zero-order valence-electron chi connectivity index (χ0n) is 13.8. The molecule has 0 aromatic heterocycles. The van der Waals surface area contributed by atoms with Crippen molar-refractivity contribution in [2.75, 3.05) is 0 Å². The van der Waals surface area contributed by atoms with Gasteiger partial charge in [-0.05, 0) is 36.6 Å². The Balaban J connectivity index is 2.68.